The molecule has 2 heterocycles. The molecule has 0 amide bonds. The summed E-state index contributed by atoms with van der Waals surface area (Å²) in [5.74, 6) is -0.740. The molecule has 0 spiro atoms. The number of hydrogen-bond acceptors (Lipinski definition) is 5. The summed E-state index contributed by atoms with van der Waals surface area (Å²) < 4.78 is 6.42. The van der Waals surface area contributed by atoms with Gasteiger partial charge >= 0.3 is 5.97 Å². The molecular weight excluding hydrogens is 284 g/mol. The molecule has 0 saturated carbocycles. The number of aromatic amines is 1. The van der Waals surface area contributed by atoms with Crippen molar-refractivity contribution in [2.45, 2.75) is 6.92 Å². The van der Waals surface area contributed by atoms with Crippen LogP contribution in [-0.4, -0.2) is 27.3 Å². The minimum atomic E-state index is -0.740. The third-order valence-electron chi connectivity index (χ3n) is 3.27. The van der Waals surface area contributed by atoms with Gasteiger partial charge in [0.2, 0.25) is 0 Å². The SMILES string of the molecule is CCOC(=O)c1c(N)c2cnn(-c3ccccc3)c2[nH]c1=O. The smallest absolute Gasteiger partial charge is 0.345 e. The predicted octanol–water partition coefficient (Wildman–Crippen LogP) is 1.47. The molecule has 0 bridgehead atoms. The summed E-state index contributed by atoms with van der Waals surface area (Å²) in [4.78, 5) is 26.7. The van der Waals surface area contributed by atoms with E-state index in [0.717, 1.165) is 5.69 Å². The maximum Gasteiger partial charge on any atom is 0.345 e. The van der Waals surface area contributed by atoms with Crippen molar-refractivity contribution in [3.05, 3.63) is 52.4 Å². The Morgan fingerprint density at radius 3 is 2.77 bits per heavy atom. The second-order valence-electron chi connectivity index (χ2n) is 4.62. The normalized spacial score (nSPS) is 10.8. The molecule has 0 atom stereocenters. The molecule has 7 nitrogen and oxygen atoms in total. The van der Waals surface area contributed by atoms with Crippen molar-refractivity contribution in [1.82, 2.24) is 14.8 Å². The van der Waals surface area contributed by atoms with E-state index in [4.69, 9.17) is 10.5 Å². The number of hydrogen-bond donors (Lipinski definition) is 2. The number of H-pyrrole nitrogens is 1. The number of nitrogens with two attached hydrogens (primary N) is 1. The number of aromatic nitrogens is 3. The Labute approximate surface area is 125 Å². The molecule has 0 radical (unpaired) electrons. The molecular formula is C15H14N4O3. The van der Waals surface area contributed by atoms with Crippen LogP contribution >= 0.6 is 0 Å². The Kier molecular flexibility index (Phi) is 3.38. The first-order valence-corrected chi connectivity index (χ1v) is 6.75. The zero-order valence-corrected chi connectivity index (χ0v) is 11.9. The van der Waals surface area contributed by atoms with E-state index < -0.39 is 11.5 Å². The Morgan fingerprint density at radius 2 is 2.09 bits per heavy atom. The summed E-state index contributed by atoms with van der Waals surface area (Å²) in [6.45, 7) is 1.83. The van der Waals surface area contributed by atoms with Crippen molar-refractivity contribution < 1.29 is 9.53 Å². The number of carbonyl (C=O) groups excluding carboxylic acids is 1. The molecule has 3 aromatic rings. The average Bonchev–Trinajstić information content (AvgIpc) is 2.92. The molecule has 3 rings (SSSR count). The van der Waals surface area contributed by atoms with E-state index in [1.165, 1.54) is 6.20 Å². The fourth-order valence-corrected chi connectivity index (χ4v) is 2.26. The number of fused-ring (bicyclic) bond motifs is 1. The van der Waals surface area contributed by atoms with Crippen molar-refractivity contribution in [2.24, 2.45) is 0 Å². The highest BCUT2D eigenvalue weighted by Crippen LogP contribution is 2.23. The standard InChI is InChI=1S/C15H14N4O3/c1-2-22-15(21)11-12(16)10-8-17-19(13(10)18-14(11)20)9-6-4-3-5-7-9/h3-8H,2H2,1H3,(H3,16,18,20). The van der Waals surface area contributed by atoms with Crippen LogP contribution in [0.2, 0.25) is 0 Å². The molecule has 0 fully saturated rings. The van der Waals surface area contributed by atoms with Crippen LogP contribution in [0.3, 0.4) is 0 Å². The summed E-state index contributed by atoms with van der Waals surface area (Å²) >= 11 is 0. The number of esters is 1. The highest BCUT2D eigenvalue weighted by atomic mass is 16.5. The molecule has 2 aromatic heterocycles. The lowest BCUT2D eigenvalue weighted by Gasteiger charge is -2.07. The van der Waals surface area contributed by atoms with Crippen molar-refractivity contribution in [3.8, 4) is 5.69 Å². The highest BCUT2D eigenvalue weighted by Gasteiger charge is 2.20. The quantitative estimate of drug-likeness (QED) is 0.713. The highest BCUT2D eigenvalue weighted by molar-refractivity contribution is 6.03. The number of nitrogens with zero attached hydrogens (tertiary/aromatic N) is 2. The van der Waals surface area contributed by atoms with Gasteiger partial charge in [0, 0.05) is 0 Å². The van der Waals surface area contributed by atoms with Crippen molar-refractivity contribution in [3.63, 3.8) is 0 Å². The van der Waals surface area contributed by atoms with Crippen LogP contribution in [0.1, 0.15) is 17.3 Å². The van der Waals surface area contributed by atoms with Crippen molar-refractivity contribution in [2.75, 3.05) is 12.3 Å². The zero-order chi connectivity index (χ0) is 15.7. The monoisotopic (exact) mass is 298 g/mol. The molecule has 0 saturated heterocycles. The summed E-state index contributed by atoms with van der Waals surface area (Å²) in [6, 6.07) is 9.29. The van der Waals surface area contributed by atoms with E-state index in [1.807, 2.05) is 30.3 Å². The number of ether oxygens (including phenoxy) is 1. The number of nitrogen functional groups attached to an aromatic ring is 1. The Balaban J connectivity index is 2.24. The van der Waals surface area contributed by atoms with Crippen LogP contribution < -0.4 is 11.3 Å². The fraction of sp³-hybridized carbons (Fsp3) is 0.133. The van der Waals surface area contributed by atoms with Gasteiger partial charge in [-0.1, -0.05) is 18.2 Å². The first-order chi connectivity index (χ1) is 10.6. The average molecular weight is 298 g/mol. The van der Waals surface area contributed by atoms with Gasteiger partial charge in [0.25, 0.3) is 5.56 Å². The Hall–Kier alpha value is -3.09. The lowest BCUT2D eigenvalue weighted by molar-refractivity contribution is 0.0526. The van der Waals surface area contributed by atoms with Gasteiger partial charge in [-0.25, -0.2) is 9.48 Å². The van der Waals surface area contributed by atoms with E-state index in [1.54, 1.807) is 11.6 Å². The number of anilines is 1. The van der Waals surface area contributed by atoms with E-state index in [-0.39, 0.29) is 17.9 Å². The van der Waals surface area contributed by atoms with Gasteiger partial charge in [-0.3, -0.25) is 4.79 Å². The van der Waals surface area contributed by atoms with Crippen molar-refractivity contribution >= 4 is 22.7 Å². The van der Waals surface area contributed by atoms with Gasteiger partial charge in [0.15, 0.2) is 0 Å². The number of rotatable bonds is 3. The van der Waals surface area contributed by atoms with Crippen LogP contribution in [0.4, 0.5) is 5.69 Å². The first kappa shape index (κ1) is 13.9. The number of para-hydroxylation sites is 1. The number of pyridine rings is 1. The maximum absolute atomic E-state index is 12.2. The minimum Gasteiger partial charge on any atom is -0.462 e. The van der Waals surface area contributed by atoms with E-state index in [9.17, 15) is 9.59 Å². The molecule has 7 heteroatoms. The Bertz CT molecular complexity index is 896. The molecule has 112 valence electrons. The van der Waals surface area contributed by atoms with Gasteiger partial charge in [0.05, 0.1) is 29.6 Å². The van der Waals surface area contributed by atoms with Gasteiger partial charge in [-0.15, -0.1) is 0 Å². The molecule has 1 aromatic carbocycles. The van der Waals surface area contributed by atoms with Crippen LogP contribution in [0.5, 0.6) is 0 Å². The van der Waals surface area contributed by atoms with Gasteiger partial charge in [-0.2, -0.15) is 5.10 Å². The number of carbonyl (C=O) groups is 1. The van der Waals surface area contributed by atoms with Gasteiger partial charge in [-0.05, 0) is 19.1 Å². The van der Waals surface area contributed by atoms with Crippen LogP contribution in [0.25, 0.3) is 16.7 Å². The van der Waals surface area contributed by atoms with E-state index in [2.05, 4.69) is 10.1 Å². The molecule has 0 aliphatic carbocycles. The summed E-state index contributed by atoms with van der Waals surface area (Å²) in [5, 5.41) is 4.72. The second-order valence-corrected chi connectivity index (χ2v) is 4.62. The van der Waals surface area contributed by atoms with Gasteiger partial charge < -0.3 is 15.5 Å². The summed E-state index contributed by atoms with van der Waals surface area (Å²) in [7, 11) is 0. The summed E-state index contributed by atoms with van der Waals surface area (Å²) in [6.07, 6.45) is 1.51. The molecule has 0 aliphatic heterocycles. The first-order valence-electron chi connectivity index (χ1n) is 6.75. The molecule has 0 unspecified atom stereocenters. The topological polar surface area (TPSA) is 103 Å². The second kappa shape index (κ2) is 5.36. The summed E-state index contributed by atoms with van der Waals surface area (Å²) in [5.41, 5.74) is 6.45. The predicted molar refractivity (Wildman–Crippen MR) is 82.1 cm³/mol. The molecule has 3 N–H and O–H groups in total. The minimum absolute atomic E-state index is 0.0689. The van der Waals surface area contributed by atoms with Crippen LogP contribution in [-0.2, 0) is 4.74 Å². The third kappa shape index (κ3) is 2.12. The molecule has 0 aliphatic rings. The lowest BCUT2D eigenvalue weighted by Crippen LogP contribution is -2.22. The van der Waals surface area contributed by atoms with Crippen LogP contribution in [0, 0.1) is 0 Å². The van der Waals surface area contributed by atoms with E-state index in [0.29, 0.717) is 11.0 Å². The largest absolute Gasteiger partial charge is 0.462 e. The van der Waals surface area contributed by atoms with Crippen molar-refractivity contribution in [1.29, 1.82) is 0 Å². The fourth-order valence-electron chi connectivity index (χ4n) is 2.26. The Morgan fingerprint density at radius 1 is 1.36 bits per heavy atom. The maximum atomic E-state index is 12.2. The molecule has 22 heavy (non-hydrogen) atoms. The van der Waals surface area contributed by atoms with Crippen LogP contribution in [0.15, 0.2) is 41.3 Å². The lowest BCUT2D eigenvalue weighted by atomic mass is 10.2. The van der Waals surface area contributed by atoms with Gasteiger partial charge in [0.1, 0.15) is 11.2 Å². The third-order valence-corrected chi connectivity index (χ3v) is 3.27. The van der Waals surface area contributed by atoms with E-state index >= 15 is 0 Å². The number of benzene rings is 1. The zero-order valence-electron chi connectivity index (χ0n) is 11.9. The number of nitrogens with one attached hydrogen (secondary N) is 1.